The Labute approximate surface area is 155 Å². The zero-order chi connectivity index (χ0) is 17.5. The van der Waals surface area contributed by atoms with Crippen LogP contribution in [0, 0.1) is 11.3 Å². The minimum Gasteiger partial charge on any atom is -0.506 e. The van der Waals surface area contributed by atoms with Gasteiger partial charge in [0.1, 0.15) is 17.6 Å². The largest absolute Gasteiger partial charge is 0.506 e. The molecule has 0 unspecified atom stereocenters. The van der Waals surface area contributed by atoms with Gasteiger partial charge < -0.3 is 9.84 Å². The van der Waals surface area contributed by atoms with Gasteiger partial charge in [0.2, 0.25) is 0 Å². The second-order valence-corrected chi connectivity index (χ2v) is 6.29. The van der Waals surface area contributed by atoms with Crippen LogP contribution in [0.4, 0.5) is 0 Å². The number of carbonyl (C=O) groups excluding carboxylic acids is 1. The van der Waals surface area contributed by atoms with Gasteiger partial charge in [-0.05, 0) is 40.2 Å². The van der Waals surface area contributed by atoms with E-state index in [1.54, 1.807) is 36.4 Å². The van der Waals surface area contributed by atoms with Crippen LogP contribution in [0.1, 0.15) is 11.1 Å². The number of ether oxygens (including phenoxy) is 1. The van der Waals surface area contributed by atoms with Gasteiger partial charge >= 0.3 is 0 Å². The van der Waals surface area contributed by atoms with Crippen LogP contribution >= 0.6 is 31.9 Å². The SMILES string of the molecule is N#Cc1ccccc1OCC(=O)N/N=C\c1cc(Br)cc(Br)c1O. The third-order valence-electron chi connectivity index (χ3n) is 2.82. The topological polar surface area (TPSA) is 94.7 Å². The van der Waals surface area contributed by atoms with Gasteiger partial charge in [-0.25, -0.2) is 5.43 Å². The second kappa shape index (κ2) is 8.47. The Morgan fingerprint density at radius 1 is 1.38 bits per heavy atom. The second-order valence-electron chi connectivity index (χ2n) is 4.52. The normalized spacial score (nSPS) is 10.4. The number of hydrazone groups is 1. The van der Waals surface area contributed by atoms with Gasteiger partial charge in [0.15, 0.2) is 6.61 Å². The van der Waals surface area contributed by atoms with Gasteiger partial charge in [0.05, 0.1) is 16.3 Å². The van der Waals surface area contributed by atoms with Gasteiger partial charge in [-0.2, -0.15) is 10.4 Å². The number of nitrogens with one attached hydrogen (secondary N) is 1. The summed E-state index contributed by atoms with van der Waals surface area (Å²) in [4.78, 5) is 11.7. The highest BCUT2D eigenvalue weighted by molar-refractivity contribution is 9.11. The average Bonchev–Trinajstić information content (AvgIpc) is 2.57. The van der Waals surface area contributed by atoms with Crippen molar-refractivity contribution >= 4 is 44.0 Å². The highest BCUT2D eigenvalue weighted by Crippen LogP contribution is 2.30. The highest BCUT2D eigenvalue weighted by Gasteiger charge is 2.07. The molecular weight excluding hydrogens is 442 g/mol. The minimum atomic E-state index is -0.493. The average molecular weight is 453 g/mol. The standard InChI is InChI=1S/C16H11Br2N3O3/c17-12-5-11(16(23)13(18)6-12)8-20-21-15(22)9-24-14-4-2-1-3-10(14)7-19/h1-6,8,23H,9H2,(H,21,22)/b20-8-. The number of phenolic OH excluding ortho intramolecular Hbond substituents is 1. The van der Waals surface area contributed by atoms with Gasteiger partial charge in [-0.15, -0.1) is 0 Å². The van der Waals surface area contributed by atoms with E-state index in [-0.39, 0.29) is 12.4 Å². The van der Waals surface area contributed by atoms with Crippen LogP contribution in [-0.2, 0) is 4.79 Å². The summed E-state index contributed by atoms with van der Waals surface area (Å²) < 4.78 is 6.53. The van der Waals surface area contributed by atoms with E-state index in [2.05, 4.69) is 42.4 Å². The summed E-state index contributed by atoms with van der Waals surface area (Å²) in [6, 6.07) is 11.9. The number of aromatic hydroxyl groups is 1. The van der Waals surface area contributed by atoms with Crippen molar-refractivity contribution in [3.8, 4) is 17.6 Å². The third kappa shape index (κ3) is 4.81. The number of para-hydroxylation sites is 1. The molecule has 0 aliphatic carbocycles. The summed E-state index contributed by atoms with van der Waals surface area (Å²) in [7, 11) is 0. The zero-order valence-electron chi connectivity index (χ0n) is 12.2. The van der Waals surface area contributed by atoms with E-state index in [4.69, 9.17) is 10.00 Å². The first-order valence-corrected chi connectivity index (χ1v) is 8.21. The monoisotopic (exact) mass is 451 g/mol. The van der Waals surface area contributed by atoms with Crippen molar-refractivity contribution in [2.24, 2.45) is 5.10 Å². The summed E-state index contributed by atoms with van der Waals surface area (Å²) in [6.07, 6.45) is 1.31. The summed E-state index contributed by atoms with van der Waals surface area (Å²) in [5.74, 6) is -0.157. The molecule has 0 aromatic heterocycles. The van der Waals surface area contributed by atoms with E-state index >= 15 is 0 Å². The van der Waals surface area contributed by atoms with Crippen LogP contribution in [0.15, 0.2) is 50.4 Å². The molecule has 2 N–H and O–H groups in total. The van der Waals surface area contributed by atoms with Crippen LogP contribution in [0.5, 0.6) is 11.5 Å². The van der Waals surface area contributed by atoms with E-state index in [9.17, 15) is 9.90 Å². The molecule has 0 bridgehead atoms. The molecule has 0 saturated heterocycles. The summed E-state index contributed by atoms with van der Waals surface area (Å²) in [6.45, 7) is -0.288. The van der Waals surface area contributed by atoms with E-state index < -0.39 is 5.91 Å². The number of halogens is 2. The van der Waals surface area contributed by atoms with Gasteiger partial charge in [-0.3, -0.25) is 4.79 Å². The number of nitriles is 1. The van der Waals surface area contributed by atoms with Crippen molar-refractivity contribution in [2.75, 3.05) is 6.61 Å². The lowest BCUT2D eigenvalue weighted by Crippen LogP contribution is -2.24. The lowest BCUT2D eigenvalue weighted by Gasteiger charge is -2.06. The van der Waals surface area contributed by atoms with Crippen LogP contribution in [0.25, 0.3) is 0 Å². The molecule has 0 saturated carbocycles. The fourth-order valence-electron chi connectivity index (χ4n) is 1.72. The maximum absolute atomic E-state index is 11.7. The van der Waals surface area contributed by atoms with Gasteiger partial charge in [0, 0.05) is 10.0 Å². The van der Waals surface area contributed by atoms with Crippen LogP contribution < -0.4 is 10.2 Å². The Balaban J connectivity index is 1.93. The Hall–Kier alpha value is -2.37. The quantitative estimate of drug-likeness (QED) is 0.537. The molecule has 0 spiro atoms. The van der Waals surface area contributed by atoms with E-state index in [1.165, 1.54) is 6.21 Å². The van der Waals surface area contributed by atoms with E-state index in [0.29, 0.717) is 21.3 Å². The Morgan fingerprint density at radius 2 is 2.12 bits per heavy atom. The summed E-state index contributed by atoms with van der Waals surface area (Å²) >= 11 is 6.50. The lowest BCUT2D eigenvalue weighted by atomic mass is 10.2. The molecular formula is C16H11Br2N3O3. The number of nitrogens with zero attached hydrogens (tertiary/aromatic N) is 2. The first kappa shape index (κ1) is 18.0. The van der Waals surface area contributed by atoms with Crippen molar-refractivity contribution in [1.82, 2.24) is 5.43 Å². The maximum atomic E-state index is 11.7. The molecule has 2 rings (SSSR count). The molecule has 122 valence electrons. The van der Waals surface area contributed by atoms with Crippen molar-refractivity contribution in [3.05, 3.63) is 56.5 Å². The molecule has 8 heteroatoms. The molecule has 1 amide bonds. The Morgan fingerprint density at radius 3 is 2.88 bits per heavy atom. The number of hydrogen-bond acceptors (Lipinski definition) is 5. The molecule has 0 radical (unpaired) electrons. The first-order chi connectivity index (χ1) is 11.5. The van der Waals surface area contributed by atoms with Crippen molar-refractivity contribution in [3.63, 3.8) is 0 Å². The molecule has 0 aliphatic rings. The van der Waals surface area contributed by atoms with Gasteiger partial charge in [0.25, 0.3) is 5.91 Å². The number of rotatable bonds is 5. The van der Waals surface area contributed by atoms with E-state index in [0.717, 1.165) is 4.47 Å². The number of benzene rings is 2. The molecule has 2 aromatic carbocycles. The Kier molecular flexibility index (Phi) is 6.35. The third-order valence-corrected chi connectivity index (χ3v) is 3.88. The predicted molar refractivity (Wildman–Crippen MR) is 95.9 cm³/mol. The maximum Gasteiger partial charge on any atom is 0.277 e. The number of amides is 1. The first-order valence-electron chi connectivity index (χ1n) is 6.63. The van der Waals surface area contributed by atoms with Gasteiger partial charge in [-0.1, -0.05) is 28.1 Å². The van der Waals surface area contributed by atoms with Crippen LogP contribution in [0.2, 0.25) is 0 Å². The van der Waals surface area contributed by atoms with Crippen molar-refractivity contribution in [1.29, 1.82) is 5.26 Å². The van der Waals surface area contributed by atoms with Crippen LogP contribution in [-0.4, -0.2) is 23.8 Å². The molecule has 6 nitrogen and oxygen atoms in total. The number of phenols is 1. The predicted octanol–water partition coefficient (Wildman–Crippen LogP) is 3.32. The Bertz CT molecular complexity index is 832. The molecule has 0 fully saturated rings. The molecule has 0 heterocycles. The molecule has 0 aliphatic heterocycles. The number of hydrogen-bond donors (Lipinski definition) is 2. The van der Waals surface area contributed by atoms with Crippen LogP contribution in [0.3, 0.4) is 0 Å². The van der Waals surface area contributed by atoms with E-state index in [1.807, 2.05) is 6.07 Å². The van der Waals surface area contributed by atoms with Crippen molar-refractivity contribution in [2.45, 2.75) is 0 Å². The molecule has 2 aromatic rings. The summed E-state index contributed by atoms with van der Waals surface area (Å²) in [5, 5.41) is 22.6. The summed E-state index contributed by atoms with van der Waals surface area (Å²) in [5.41, 5.74) is 3.05. The van der Waals surface area contributed by atoms with Crippen molar-refractivity contribution < 1.29 is 14.6 Å². The molecule has 24 heavy (non-hydrogen) atoms. The fraction of sp³-hybridized carbons (Fsp3) is 0.0625. The highest BCUT2D eigenvalue weighted by atomic mass is 79.9. The minimum absolute atomic E-state index is 0.00963. The lowest BCUT2D eigenvalue weighted by molar-refractivity contribution is -0.123. The smallest absolute Gasteiger partial charge is 0.277 e. The number of carbonyl (C=O) groups is 1. The fourth-order valence-corrected chi connectivity index (χ4v) is 2.98. The zero-order valence-corrected chi connectivity index (χ0v) is 15.3. The molecule has 0 atom stereocenters.